The summed E-state index contributed by atoms with van der Waals surface area (Å²) in [7, 11) is 0. The molecule has 25 heavy (non-hydrogen) atoms. The van der Waals surface area contributed by atoms with Gasteiger partial charge >= 0.3 is 0 Å². The fraction of sp³-hybridized carbons (Fsp3) is 0.778. The van der Waals surface area contributed by atoms with Gasteiger partial charge in [0.25, 0.3) is 0 Å². The Kier molecular flexibility index (Phi) is 4.80. The molecule has 1 N–H and O–H groups in total. The van der Waals surface area contributed by atoms with Gasteiger partial charge in [-0.2, -0.15) is 5.10 Å². The summed E-state index contributed by atoms with van der Waals surface area (Å²) in [6.45, 7) is 5.68. The number of aromatic nitrogens is 2. The predicted molar refractivity (Wildman–Crippen MR) is 91.9 cm³/mol. The molecule has 0 spiro atoms. The molecule has 2 fully saturated rings. The number of fused-ring (bicyclic) bond motifs is 1. The van der Waals surface area contributed by atoms with Crippen LogP contribution in [-0.2, 0) is 22.6 Å². The highest BCUT2D eigenvalue weighted by atomic mass is 16.5. The number of aryl methyl sites for hydroxylation is 1. The lowest BCUT2D eigenvalue weighted by Gasteiger charge is -2.40. The van der Waals surface area contributed by atoms with Crippen LogP contribution < -0.4 is 0 Å². The van der Waals surface area contributed by atoms with Crippen molar-refractivity contribution in [2.45, 2.75) is 56.8 Å². The van der Waals surface area contributed by atoms with Crippen molar-refractivity contribution >= 4 is 5.91 Å². The van der Waals surface area contributed by atoms with Crippen LogP contribution in [0.15, 0.2) is 12.3 Å². The number of hydrogen-bond donors (Lipinski definition) is 1. The van der Waals surface area contributed by atoms with Gasteiger partial charge in [0.05, 0.1) is 37.5 Å². The summed E-state index contributed by atoms with van der Waals surface area (Å²) in [5.74, 6) is 0.0788. The molecule has 3 aliphatic rings. The normalized spacial score (nSPS) is 26.6. The zero-order chi connectivity index (χ0) is 17.3. The summed E-state index contributed by atoms with van der Waals surface area (Å²) in [4.78, 5) is 17.4. The van der Waals surface area contributed by atoms with Gasteiger partial charge in [-0.3, -0.25) is 14.4 Å². The first-order valence-corrected chi connectivity index (χ1v) is 9.46. The zero-order valence-corrected chi connectivity index (χ0v) is 14.8. The number of carbonyl (C=O) groups is 1. The van der Waals surface area contributed by atoms with Crippen LogP contribution in [-0.4, -0.2) is 75.1 Å². The number of nitrogens with zero attached hydrogens (tertiary/aromatic N) is 4. The van der Waals surface area contributed by atoms with Gasteiger partial charge in [-0.15, -0.1) is 0 Å². The molecule has 1 aliphatic carbocycles. The molecule has 4 rings (SSSR count). The van der Waals surface area contributed by atoms with E-state index in [9.17, 15) is 9.90 Å². The Bertz CT molecular complexity index is 607. The number of ether oxygens (including phenoxy) is 1. The van der Waals surface area contributed by atoms with E-state index in [1.165, 1.54) is 0 Å². The zero-order valence-electron chi connectivity index (χ0n) is 14.8. The van der Waals surface area contributed by atoms with Crippen LogP contribution in [0.25, 0.3) is 0 Å². The van der Waals surface area contributed by atoms with Crippen molar-refractivity contribution in [2.75, 3.05) is 32.8 Å². The fourth-order valence-electron chi connectivity index (χ4n) is 4.13. The van der Waals surface area contributed by atoms with Gasteiger partial charge in [-0.25, -0.2) is 0 Å². The van der Waals surface area contributed by atoms with E-state index in [0.29, 0.717) is 6.54 Å². The van der Waals surface area contributed by atoms with Gasteiger partial charge < -0.3 is 14.7 Å². The maximum absolute atomic E-state index is 13.0. The highest BCUT2D eigenvalue weighted by molar-refractivity contribution is 5.78. The van der Waals surface area contributed by atoms with Gasteiger partial charge in [0.1, 0.15) is 0 Å². The van der Waals surface area contributed by atoms with E-state index in [2.05, 4.69) is 10.00 Å². The highest BCUT2D eigenvalue weighted by Crippen LogP contribution is 2.35. The van der Waals surface area contributed by atoms with Crippen LogP contribution in [0, 0.1) is 0 Å². The third-order valence-electron chi connectivity index (χ3n) is 5.91. The molecule has 1 aromatic heterocycles. The van der Waals surface area contributed by atoms with E-state index in [0.717, 1.165) is 70.8 Å². The molecule has 138 valence electrons. The number of rotatable bonds is 4. The van der Waals surface area contributed by atoms with E-state index in [1.807, 2.05) is 15.6 Å². The number of hydrogen-bond acceptors (Lipinski definition) is 5. The SMILES string of the molecule is O=C(CC1(O)CCC1)N1Cc2ccnn2CCC1CN1CCOCC1. The van der Waals surface area contributed by atoms with Gasteiger partial charge in [0.15, 0.2) is 0 Å². The summed E-state index contributed by atoms with van der Waals surface area (Å²) in [6.07, 6.45) is 5.47. The van der Waals surface area contributed by atoms with E-state index < -0.39 is 5.60 Å². The number of morpholine rings is 1. The average Bonchev–Trinajstić information content (AvgIpc) is 2.96. The quantitative estimate of drug-likeness (QED) is 0.864. The van der Waals surface area contributed by atoms with E-state index in [4.69, 9.17) is 4.74 Å². The van der Waals surface area contributed by atoms with Gasteiger partial charge in [-0.1, -0.05) is 0 Å². The Morgan fingerprint density at radius 1 is 1.32 bits per heavy atom. The second kappa shape index (κ2) is 7.05. The maximum atomic E-state index is 13.0. The average molecular weight is 348 g/mol. The minimum absolute atomic E-state index is 0.0788. The smallest absolute Gasteiger partial charge is 0.226 e. The van der Waals surface area contributed by atoms with E-state index >= 15 is 0 Å². The molecule has 0 radical (unpaired) electrons. The minimum Gasteiger partial charge on any atom is -0.389 e. The lowest BCUT2D eigenvalue weighted by Crippen LogP contribution is -2.51. The topological polar surface area (TPSA) is 70.8 Å². The third kappa shape index (κ3) is 3.73. The lowest BCUT2D eigenvalue weighted by molar-refractivity contribution is -0.144. The molecule has 2 aliphatic heterocycles. The third-order valence-corrected chi connectivity index (χ3v) is 5.91. The Balaban J connectivity index is 1.49. The van der Waals surface area contributed by atoms with Crippen molar-refractivity contribution in [3.05, 3.63) is 18.0 Å². The van der Waals surface area contributed by atoms with Crippen molar-refractivity contribution in [3.8, 4) is 0 Å². The molecule has 1 aromatic rings. The summed E-state index contributed by atoms with van der Waals surface area (Å²) in [5.41, 5.74) is 0.311. The Labute approximate surface area is 148 Å². The van der Waals surface area contributed by atoms with Crippen molar-refractivity contribution in [2.24, 2.45) is 0 Å². The molecule has 7 heteroatoms. The maximum Gasteiger partial charge on any atom is 0.226 e. The fourth-order valence-corrected chi connectivity index (χ4v) is 4.13. The van der Waals surface area contributed by atoms with Crippen LogP contribution in [0.2, 0.25) is 0 Å². The van der Waals surface area contributed by atoms with Crippen molar-refractivity contribution in [3.63, 3.8) is 0 Å². The molecule has 3 heterocycles. The van der Waals surface area contributed by atoms with Crippen LogP contribution >= 0.6 is 0 Å². The van der Waals surface area contributed by atoms with Crippen LogP contribution in [0.4, 0.5) is 0 Å². The minimum atomic E-state index is -0.771. The molecular weight excluding hydrogens is 320 g/mol. The van der Waals surface area contributed by atoms with Crippen molar-refractivity contribution < 1.29 is 14.6 Å². The molecule has 1 saturated carbocycles. The number of carbonyl (C=O) groups excluding carboxylic acids is 1. The summed E-state index contributed by atoms with van der Waals surface area (Å²) in [5, 5.41) is 14.8. The van der Waals surface area contributed by atoms with Crippen molar-refractivity contribution in [1.29, 1.82) is 0 Å². The van der Waals surface area contributed by atoms with E-state index in [-0.39, 0.29) is 18.4 Å². The molecule has 1 saturated heterocycles. The highest BCUT2D eigenvalue weighted by Gasteiger charge is 2.39. The second-order valence-electron chi connectivity index (χ2n) is 7.68. The Morgan fingerprint density at radius 3 is 2.84 bits per heavy atom. The molecule has 1 amide bonds. The first kappa shape index (κ1) is 17.0. The summed E-state index contributed by atoms with van der Waals surface area (Å²) in [6, 6.07) is 2.16. The van der Waals surface area contributed by atoms with Gasteiger partial charge in [-0.05, 0) is 31.7 Å². The second-order valence-corrected chi connectivity index (χ2v) is 7.68. The number of amides is 1. The molecule has 1 unspecified atom stereocenters. The standard InChI is InChI=1S/C18H28N4O3/c23-17(12-18(24)4-1-5-18)21-14-16-2-6-19-22(16)7-3-15(21)13-20-8-10-25-11-9-20/h2,6,15,24H,1,3-5,7-14H2. The van der Waals surface area contributed by atoms with Crippen LogP contribution in [0.3, 0.4) is 0 Å². The monoisotopic (exact) mass is 348 g/mol. The van der Waals surface area contributed by atoms with Crippen LogP contribution in [0.1, 0.15) is 37.8 Å². The molecular formula is C18H28N4O3. The molecule has 0 bridgehead atoms. The summed E-state index contributed by atoms with van der Waals surface area (Å²) >= 11 is 0. The first-order valence-electron chi connectivity index (χ1n) is 9.46. The predicted octanol–water partition coefficient (Wildman–Crippen LogP) is 0.621. The lowest BCUT2D eigenvalue weighted by atomic mass is 9.77. The van der Waals surface area contributed by atoms with Gasteiger partial charge in [0, 0.05) is 38.4 Å². The largest absolute Gasteiger partial charge is 0.389 e. The van der Waals surface area contributed by atoms with Crippen LogP contribution in [0.5, 0.6) is 0 Å². The first-order chi connectivity index (χ1) is 12.1. The van der Waals surface area contributed by atoms with Crippen molar-refractivity contribution in [1.82, 2.24) is 19.6 Å². The van der Waals surface area contributed by atoms with E-state index in [1.54, 1.807) is 6.20 Å². The summed E-state index contributed by atoms with van der Waals surface area (Å²) < 4.78 is 7.46. The molecule has 0 aromatic carbocycles. The van der Waals surface area contributed by atoms with Gasteiger partial charge in [0.2, 0.25) is 5.91 Å². The number of aliphatic hydroxyl groups is 1. The Morgan fingerprint density at radius 2 is 2.12 bits per heavy atom. The molecule has 1 atom stereocenters. The molecule has 7 nitrogen and oxygen atoms in total. The Hall–Kier alpha value is -1.44.